The van der Waals surface area contributed by atoms with Crippen LogP contribution in [0.3, 0.4) is 0 Å². The summed E-state index contributed by atoms with van der Waals surface area (Å²) in [5.74, 6) is -1.52. The Morgan fingerprint density at radius 1 is 1.27 bits per heavy atom. The summed E-state index contributed by atoms with van der Waals surface area (Å²) in [5, 5.41) is 13.8. The van der Waals surface area contributed by atoms with Crippen LogP contribution in [0.1, 0.15) is 12.5 Å². The molecule has 22 heavy (non-hydrogen) atoms. The number of urea groups is 1. The molecule has 0 aliphatic heterocycles. The number of carboxylic acid groups (broad SMARTS) is 1. The lowest BCUT2D eigenvalue weighted by atomic mass is 10.1. The fraction of sp³-hybridized carbons (Fsp3) is 0.294. The summed E-state index contributed by atoms with van der Waals surface area (Å²) < 4.78 is 0. The van der Waals surface area contributed by atoms with Gasteiger partial charge in [-0.15, -0.1) is 0 Å². The van der Waals surface area contributed by atoms with Gasteiger partial charge in [0.25, 0.3) is 0 Å². The van der Waals surface area contributed by atoms with Gasteiger partial charge in [-0.25, -0.2) is 4.79 Å². The molecule has 116 valence electrons. The topological polar surface area (TPSA) is 69.6 Å². The molecule has 0 aliphatic rings. The number of amides is 2. The van der Waals surface area contributed by atoms with Crippen molar-refractivity contribution < 1.29 is 14.7 Å². The van der Waals surface area contributed by atoms with Gasteiger partial charge in [0.2, 0.25) is 0 Å². The predicted octanol–water partition coefficient (Wildman–Crippen LogP) is 3.33. The third-order valence-electron chi connectivity index (χ3n) is 3.56. The van der Waals surface area contributed by atoms with Crippen LogP contribution in [0.15, 0.2) is 36.4 Å². The Balaban J connectivity index is 2.20. The van der Waals surface area contributed by atoms with Gasteiger partial charge in [-0.05, 0) is 23.9 Å². The second-order valence-corrected chi connectivity index (χ2v) is 5.58. The van der Waals surface area contributed by atoms with Crippen LogP contribution < -0.4 is 5.32 Å². The summed E-state index contributed by atoms with van der Waals surface area (Å²) in [7, 11) is 1.59. The van der Waals surface area contributed by atoms with Gasteiger partial charge in [-0.1, -0.05) is 37.3 Å². The zero-order chi connectivity index (χ0) is 16.3. The molecule has 2 aromatic rings. The third-order valence-corrected chi connectivity index (χ3v) is 3.56. The maximum atomic E-state index is 12.2. The van der Waals surface area contributed by atoms with Gasteiger partial charge in [0.05, 0.1) is 11.6 Å². The summed E-state index contributed by atoms with van der Waals surface area (Å²) in [4.78, 5) is 24.5. The first-order chi connectivity index (χ1) is 10.4. The molecule has 2 aromatic carbocycles. The van der Waals surface area contributed by atoms with E-state index in [-0.39, 0.29) is 12.6 Å². The molecule has 2 N–H and O–H groups in total. The van der Waals surface area contributed by atoms with Crippen LogP contribution >= 0.6 is 0 Å². The first-order valence-corrected chi connectivity index (χ1v) is 7.13. The van der Waals surface area contributed by atoms with Crippen LogP contribution in [0, 0.1) is 12.8 Å². The van der Waals surface area contributed by atoms with Crippen molar-refractivity contribution in [1.82, 2.24) is 4.90 Å². The molecule has 0 radical (unpaired) electrons. The van der Waals surface area contributed by atoms with Gasteiger partial charge < -0.3 is 15.3 Å². The van der Waals surface area contributed by atoms with E-state index in [0.29, 0.717) is 0 Å². The Morgan fingerprint density at radius 2 is 1.95 bits per heavy atom. The molecule has 1 unspecified atom stereocenters. The zero-order valence-electron chi connectivity index (χ0n) is 13.0. The average molecular weight is 300 g/mol. The van der Waals surface area contributed by atoms with Crippen molar-refractivity contribution in [1.29, 1.82) is 0 Å². The number of aliphatic carboxylic acids is 1. The van der Waals surface area contributed by atoms with E-state index in [1.807, 2.05) is 37.3 Å². The van der Waals surface area contributed by atoms with Gasteiger partial charge in [0.15, 0.2) is 0 Å². The van der Waals surface area contributed by atoms with E-state index >= 15 is 0 Å². The summed E-state index contributed by atoms with van der Waals surface area (Å²) in [5.41, 5.74) is 1.78. The van der Waals surface area contributed by atoms with E-state index in [2.05, 4.69) is 11.4 Å². The molecule has 0 bridgehead atoms. The number of carbonyl (C=O) groups is 2. The Bertz CT molecular complexity index is 712. The molecular weight excluding hydrogens is 280 g/mol. The number of anilines is 1. The normalized spacial score (nSPS) is 12.0. The van der Waals surface area contributed by atoms with E-state index < -0.39 is 11.9 Å². The summed E-state index contributed by atoms with van der Waals surface area (Å²) >= 11 is 0. The number of benzene rings is 2. The molecule has 0 saturated heterocycles. The maximum Gasteiger partial charge on any atom is 0.321 e. The number of hydrogen-bond donors (Lipinski definition) is 2. The minimum Gasteiger partial charge on any atom is -0.481 e. The van der Waals surface area contributed by atoms with Crippen molar-refractivity contribution in [3.8, 4) is 0 Å². The monoisotopic (exact) mass is 300 g/mol. The van der Waals surface area contributed by atoms with E-state index in [1.165, 1.54) is 4.90 Å². The Kier molecular flexibility index (Phi) is 4.65. The molecule has 2 rings (SSSR count). The molecule has 0 fully saturated rings. The molecule has 0 heterocycles. The van der Waals surface area contributed by atoms with Gasteiger partial charge in [0, 0.05) is 19.0 Å². The number of carbonyl (C=O) groups excluding carboxylic acids is 1. The Hall–Kier alpha value is -2.56. The van der Waals surface area contributed by atoms with Crippen LogP contribution in [-0.2, 0) is 4.79 Å². The first kappa shape index (κ1) is 15.8. The van der Waals surface area contributed by atoms with Crippen LogP contribution in [0.4, 0.5) is 10.5 Å². The molecule has 0 aliphatic carbocycles. The molecule has 2 amide bonds. The highest BCUT2D eigenvalue weighted by Gasteiger charge is 2.18. The Morgan fingerprint density at radius 3 is 2.64 bits per heavy atom. The lowest BCUT2D eigenvalue weighted by molar-refractivity contribution is -0.141. The van der Waals surface area contributed by atoms with Crippen LogP contribution in [0.25, 0.3) is 10.8 Å². The highest BCUT2D eigenvalue weighted by molar-refractivity contribution is 6.02. The summed E-state index contributed by atoms with van der Waals surface area (Å²) in [6, 6.07) is 11.5. The molecule has 5 nitrogen and oxygen atoms in total. The second-order valence-electron chi connectivity index (χ2n) is 5.58. The van der Waals surface area contributed by atoms with E-state index in [1.54, 1.807) is 14.0 Å². The predicted molar refractivity (Wildman–Crippen MR) is 87.1 cm³/mol. The van der Waals surface area contributed by atoms with Crippen LogP contribution in [-0.4, -0.2) is 35.6 Å². The molecular formula is C17H20N2O3. The van der Waals surface area contributed by atoms with Crippen molar-refractivity contribution in [2.24, 2.45) is 5.92 Å². The molecule has 0 saturated carbocycles. The quantitative estimate of drug-likeness (QED) is 0.910. The van der Waals surface area contributed by atoms with Crippen LogP contribution in [0.2, 0.25) is 0 Å². The van der Waals surface area contributed by atoms with E-state index in [4.69, 9.17) is 5.11 Å². The molecule has 0 spiro atoms. The fourth-order valence-corrected chi connectivity index (χ4v) is 2.35. The summed E-state index contributed by atoms with van der Waals surface area (Å²) in [6.07, 6.45) is 0. The number of nitrogens with zero attached hydrogens (tertiary/aromatic N) is 1. The van der Waals surface area contributed by atoms with Gasteiger partial charge >= 0.3 is 12.0 Å². The van der Waals surface area contributed by atoms with Crippen molar-refractivity contribution in [3.05, 3.63) is 42.0 Å². The number of rotatable bonds is 4. The third kappa shape index (κ3) is 3.55. The first-order valence-electron chi connectivity index (χ1n) is 7.13. The maximum absolute atomic E-state index is 12.2. The number of fused-ring (bicyclic) bond motifs is 1. The number of aryl methyl sites for hydroxylation is 1. The number of hydrogen-bond acceptors (Lipinski definition) is 2. The van der Waals surface area contributed by atoms with Crippen molar-refractivity contribution in [2.45, 2.75) is 13.8 Å². The molecule has 1 atom stereocenters. The van der Waals surface area contributed by atoms with E-state index in [0.717, 1.165) is 22.0 Å². The zero-order valence-corrected chi connectivity index (χ0v) is 13.0. The highest BCUT2D eigenvalue weighted by Crippen LogP contribution is 2.25. The lowest BCUT2D eigenvalue weighted by Crippen LogP contribution is -2.36. The van der Waals surface area contributed by atoms with E-state index in [9.17, 15) is 9.59 Å². The minimum absolute atomic E-state index is 0.158. The number of carboxylic acids is 1. The van der Waals surface area contributed by atoms with Gasteiger partial charge in [0.1, 0.15) is 0 Å². The van der Waals surface area contributed by atoms with Crippen molar-refractivity contribution >= 4 is 28.5 Å². The van der Waals surface area contributed by atoms with Gasteiger partial charge in [-0.3, -0.25) is 4.79 Å². The van der Waals surface area contributed by atoms with Crippen molar-refractivity contribution in [3.63, 3.8) is 0 Å². The lowest BCUT2D eigenvalue weighted by Gasteiger charge is -2.20. The average Bonchev–Trinajstić information content (AvgIpc) is 2.46. The minimum atomic E-state index is -0.916. The fourth-order valence-electron chi connectivity index (χ4n) is 2.35. The van der Waals surface area contributed by atoms with Crippen LogP contribution in [0.5, 0.6) is 0 Å². The highest BCUT2D eigenvalue weighted by atomic mass is 16.4. The summed E-state index contributed by atoms with van der Waals surface area (Å²) in [6.45, 7) is 3.71. The largest absolute Gasteiger partial charge is 0.481 e. The second kappa shape index (κ2) is 6.47. The number of nitrogens with one attached hydrogen (secondary N) is 1. The standard InChI is InChI=1S/C17H20N2O3/c1-11-8-13-6-4-5-7-14(13)15(9-11)18-17(22)19(3)10-12(2)16(20)21/h4-9,12H,10H2,1-3H3,(H,18,22)(H,20,21). The molecule has 0 aromatic heterocycles. The molecule has 5 heteroatoms. The SMILES string of the molecule is Cc1cc(NC(=O)N(C)CC(C)C(=O)O)c2ccccc2c1. The Labute approximate surface area is 129 Å². The van der Waals surface area contributed by atoms with Gasteiger partial charge in [-0.2, -0.15) is 0 Å². The smallest absolute Gasteiger partial charge is 0.321 e. The van der Waals surface area contributed by atoms with Crippen molar-refractivity contribution in [2.75, 3.05) is 18.9 Å².